The lowest BCUT2D eigenvalue weighted by Gasteiger charge is -2.13. The molecule has 1 unspecified atom stereocenters. The molecule has 0 fully saturated rings. The number of hydrogen-bond donors (Lipinski definition) is 3. The Bertz CT molecular complexity index is 2220. The number of thioether (sulfide) groups is 1. The van der Waals surface area contributed by atoms with Gasteiger partial charge in [0, 0.05) is 48.2 Å². The van der Waals surface area contributed by atoms with E-state index in [4.69, 9.17) is 27.6 Å². The van der Waals surface area contributed by atoms with E-state index in [1.165, 1.54) is 29.2 Å². The minimum atomic E-state index is -0.545. The summed E-state index contributed by atoms with van der Waals surface area (Å²) < 4.78 is 6.94. The Morgan fingerprint density at radius 2 is 1.65 bits per heavy atom. The molecular formula is C38H27BrCl2N4O4S2. The maximum atomic E-state index is 13.5. The Labute approximate surface area is 320 Å². The minimum absolute atomic E-state index is 0.00650. The van der Waals surface area contributed by atoms with Gasteiger partial charge in [-0.25, -0.2) is 4.98 Å². The zero-order valence-corrected chi connectivity index (χ0v) is 31.4. The molecule has 1 atom stereocenters. The monoisotopic (exact) mass is 816 g/mol. The highest BCUT2D eigenvalue weighted by Gasteiger charge is 2.19. The van der Waals surface area contributed by atoms with Crippen molar-refractivity contribution in [2.75, 3.05) is 10.6 Å². The average Bonchev–Trinajstić information content (AvgIpc) is 3.79. The summed E-state index contributed by atoms with van der Waals surface area (Å²) in [6, 6.07) is 32.0. The second-order valence-corrected chi connectivity index (χ2v) is 15.0. The van der Waals surface area contributed by atoms with Crippen molar-refractivity contribution in [2.24, 2.45) is 0 Å². The van der Waals surface area contributed by atoms with Gasteiger partial charge in [-0.15, -0.1) is 23.1 Å². The van der Waals surface area contributed by atoms with E-state index in [0.717, 1.165) is 20.5 Å². The summed E-state index contributed by atoms with van der Waals surface area (Å²) in [7, 11) is 0. The molecular weight excluding hydrogens is 791 g/mol. The molecule has 0 saturated carbocycles. The quantitative estimate of drug-likeness (QED) is 0.0886. The number of rotatable bonds is 11. The van der Waals surface area contributed by atoms with Crippen LogP contribution in [0.4, 0.5) is 10.8 Å². The van der Waals surface area contributed by atoms with E-state index in [1.807, 2.05) is 29.6 Å². The van der Waals surface area contributed by atoms with Gasteiger partial charge in [-0.3, -0.25) is 14.4 Å². The van der Waals surface area contributed by atoms with Crippen molar-refractivity contribution in [3.63, 3.8) is 0 Å². The van der Waals surface area contributed by atoms with Crippen LogP contribution in [-0.2, 0) is 9.59 Å². The number of hydrogen-bond acceptors (Lipinski definition) is 7. The van der Waals surface area contributed by atoms with Gasteiger partial charge in [-0.2, -0.15) is 0 Å². The molecule has 256 valence electrons. The second kappa shape index (κ2) is 16.6. The molecule has 0 aliphatic carbocycles. The fourth-order valence-corrected chi connectivity index (χ4v) is 7.07. The highest BCUT2D eigenvalue weighted by Crippen LogP contribution is 2.33. The third-order valence-corrected chi connectivity index (χ3v) is 10.3. The summed E-state index contributed by atoms with van der Waals surface area (Å²) in [5.74, 6) is -0.216. The molecule has 6 rings (SSSR count). The van der Waals surface area contributed by atoms with E-state index in [0.29, 0.717) is 43.6 Å². The molecule has 4 aromatic carbocycles. The smallest absolute Gasteiger partial charge is 0.272 e. The second-order valence-electron chi connectivity index (χ2n) is 11.0. The van der Waals surface area contributed by atoms with Gasteiger partial charge in [-0.1, -0.05) is 69.5 Å². The first-order chi connectivity index (χ1) is 24.6. The third kappa shape index (κ3) is 9.57. The molecule has 6 aromatic rings. The van der Waals surface area contributed by atoms with Crippen LogP contribution in [0.2, 0.25) is 10.0 Å². The number of nitrogens with one attached hydrogen (secondary N) is 3. The van der Waals surface area contributed by atoms with Gasteiger partial charge in [0.1, 0.15) is 17.2 Å². The first kappa shape index (κ1) is 36.2. The third-order valence-electron chi connectivity index (χ3n) is 7.31. The number of halogens is 3. The molecule has 0 bridgehead atoms. The Balaban J connectivity index is 1.11. The number of carbonyl (C=O) groups excluding carboxylic acids is 3. The first-order valence-electron chi connectivity index (χ1n) is 15.3. The summed E-state index contributed by atoms with van der Waals surface area (Å²) in [6.07, 6.45) is 1.48. The topological polar surface area (TPSA) is 113 Å². The first-order valence-corrected chi connectivity index (χ1v) is 18.7. The van der Waals surface area contributed by atoms with Gasteiger partial charge in [0.15, 0.2) is 5.13 Å². The molecule has 2 heterocycles. The summed E-state index contributed by atoms with van der Waals surface area (Å²) in [5, 5.41) is 11.3. The molecule has 0 aliphatic rings. The fourth-order valence-electron chi connectivity index (χ4n) is 4.72. The van der Waals surface area contributed by atoms with E-state index in [9.17, 15) is 14.4 Å². The van der Waals surface area contributed by atoms with Crippen LogP contribution in [0.5, 0.6) is 0 Å². The van der Waals surface area contributed by atoms with E-state index in [2.05, 4.69) is 36.9 Å². The maximum absolute atomic E-state index is 13.5. The summed E-state index contributed by atoms with van der Waals surface area (Å²) >= 11 is 18.4. The number of anilines is 2. The molecule has 8 nitrogen and oxygen atoms in total. The molecule has 3 N–H and O–H groups in total. The molecule has 13 heteroatoms. The van der Waals surface area contributed by atoms with Crippen molar-refractivity contribution in [1.29, 1.82) is 0 Å². The lowest BCUT2D eigenvalue weighted by molar-refractivity contribution is -0.115. The molecule has 0 aliphatic heterocycles. The Morgan fingerprint density at radius 3 is 2.37 bits per heavy atom. The zero-order valence-electron chi connectivity index (χ0n) is 26.7. The zero-order chi connectivity index (χ0) is 35.9. The molecule has 51 heavy (non-hydrogen) atoms. The largest absolute Gasteiger partial charge is 0.457 e. The number of carbonyl (C=O) groups is 3. The highest BCUT2D eigenvalue weighted by atomic mass is 79.9. The fraction of sp³-hybridized carbons (Fsp3) is 0.0526. The van der Waals surface area contributed by atoms with Gasteiger partial charge in [0.2, 0.25) is 5.91 Å². The Morgan fingerprint density at radius 1 is 0.902 bits per heavy atom. The minimum Gasteiger partial charge on any atom is -0.457 e. The van der Waals surface area contributed by atoms with Crippen molar-refractivity contribution in [3.05, 3.63) is 146 Å². The molecule has 0 radical (unpaired) electrons. The van der Waals surface area contributed by atoms with Crippen LogP contribution in [0.3, 0.4) is 0 Å². The molecule has 0 spiro atoms. The van der Waals surface area contributed by atoms with E-state index in [-0.39, 0.29) is 11.6 Å². The summed E-state index contributed by atoms with van der Waals surface area (Å²) in [5.41, 5.74) is 3.11. The van der Waals surface area contributed by atoms with Crippen molar-refractivity contribution < 1.29 is 18.8 Å². The standard InChI is InChI=1S/C38H27BrCl2N4O4S2/c1-22(35(46)45-38-44-33(21-50-38)30-17-11-26(40)19-31(30)41)51-29-15-12-27(13-16-29)42-37(48)32(43-36(47)24-5-3-2-4-6-24)20-28-14-18-34(49-28)23-7-9-25(39)10-8-23/h2-22H,1H3,(H,42,48)(H,43,47)(H,44,45,46). The van der Waals surface area contributed by atoms with Gasteiger partial charge >= 0.3 is 0 Å². The number of nitrogens with zero attached hydrogens (tertiary/aromatic N) is 1. The van der Waals surface area contributed by atoms with Crippen LogP contribution in [0, 0.1) is 0 Å². The van der Waals surface area contributed by atoms with Crippen LogP contribution in [0.15, 0.2) is 134 Å². The van der Waals surface area contributed by atoms with E-state index in [1.54, 1.807) is 91.9 Å². The number of thiazole rings is 1. The maximum Gasteiger partial charge on any atom is 0.272 e. The van der Waals surface area contributed by atoms with Crippen molar-refractivity contribution in [1.82, 2.24) is 10.3 Å². The van der Waals surface area contributed by atoms with E-state index >= 15 is 0 Å². The molecule has 2 aromatic heterocycles. The Hall–Kier alpha value is -4.65. The van der Waals surface area contributed by atoms with Crippen molar-refractivity contribution in [2.45, 2.75) is 17.1 Å². The van der Waals surface area contributed by atoms with Gasteiger partial charge in [0.25, 0.3) is 11.8 Å². The lowest BCUT2D eigenvalue weighted by Crippen LogP contribution is -2.30. The van der Waals surface area contributed by atoms with Gasteiger partial charge < -0.3 is 20.4 Å². The number of aromatic nitrogens is 1. The Kier molecular flexibility index (Phi) is 11.8. The summed E-state index contributed by atoms with van der Waals surface area (Å²) in [6.45, 7) is 1.80. The molecule has 0 saturated heterocycles. The van der Waals surface area contributed by atoms with Crippen molar-refractivity contribution in [3.8, 4) is 22.6 Å². The number of benzene rings is 4. The molecule has 3 amide bonds. The lowest BCUT2D eigenvalue weighted by atomic mass is 10.2. The van der Waals surface area contributed by atoms with Crippen LogP contribution in [0.1, 0.15) is 23.0 Å². The van der Waals surface area contributed by atoms with E-state index < -0.39 is 17.1 Å². The van der Waals surface area contributed by atoms with Gasteiger partial charge in [0.05, 0.1) is 16.0 Å². The summed E-state index contributed by atoms with van der Waals surface area (Å²) in [4.78, 5) is 44.9. The van der Waals surface area contributed by atoms with Crippen LogP contribution in [0.25, 0.3) is 28.7 Å². The normalized spacial score (nSPS) is 11.9. The number of furan rings is 1. The predicted molar refractivity (Wildman–Crippen MR) is 210 cm³/mol. The predicted octanol–water partition coefficient (Wildman–Crippen LogP) is 10.7. The SMILES string of the molecule is CC(Sc1ccc(NC(=O)C(=Cc2ccc(-c3ccc(Br)cc3)o2)NC(=O)c2ccccc2)cc1)C(=O)Nc1nc(-c2ccc(Cl)cc2Cl)cs1. The van der Waals surface area contributed by atoms with Crippen LogP contribution >= 0.6 is 62.2 Å². The van der Waals surface area contributed by atoms with Crippen molar-refractivity contribution >= 4 is 96.8 Å². The number of amides is 3. The highest BCUT2D eigenvalue weighted by molar-refractivity contribution is 9.10. The average molecular weight is 819 g/mol. The van der Waals surface area contributed by atoms with Crippen LogP contribution < -0.4 is 16.0 Å². The van der Waals surface area contributed by atoms with Gasteiger partial charge in [-0.05, 0) is 85.8 Å². The van der Waals surface area contributed by atoms with Crippen LogP contribution in [-0.4, -0.2) is 28.0 Å².